The van der Waals surface area contributed by atoms with Crippen molar-refractivity contribution in [1.29, 1.82) is 0 Å². The second kappa shape index (κ2) is 5.55. The van der Waals surface area contributed by atoms with Crippen molar-refractivity contribution in [3.63, 3.8) is 0 Å². The number of ether oxygens (including phenoxy) is 1. The van der Waals surface area contributed by atoms with Crippen LogP contribution in [-0.2, 0) is 0 Å². The Morgan fingerprint density at radius 3 is 2.80 bits per heavy atom. The Kier molecular flexibility index (Phi) is 4.00. The number of nitrogens with two attached hydrogens (primary N) is 1. The largest absolute Gasteiger partial charge is 0.430 e. The van der Waals surface area contributed by atoms with E-state index in [1.165, 1.54) is 0 Å². The maximum absolute atomic E-state index is 13.5. The number of nitro benzene ring substituents is 1. The summed E-state index contributed by atoms with van der Waals surface area (Å²) in [6, 6.07) is 1.82. The summed E-state index contributed by atoms with van der Waals surface area (Å²) in [5.41, 5.74) is 5.00. The minimum absolute atomic E-state index is 0.0584. The first-order chi connectivity index (χ1) is 9.40. The summed E-state index contributed by atoms with van der Waals surface area (Å²) >= 11 is 8.65. The van der Waals surface area contributed by atoms with E-state index >= 15 is 0 Å². The number of rotatable bonds is 3. The Morgan fingerprint density at radius 1 is 1.45 bits per heavy atom. The molecule has 0 amide bonds. The highest BCUT2D eigenvalue weighted by Gasteiger charge is 2.21. The van der Waals surface area contributed by atoms with Gasteiger partial charge in [-0.1, -0.05) is 11.6 Å². The molecule has 0 fully saturated rings. The molecule has 0 spiro atoms. The van der Waals surface area contributed by atoms with Crippen molar-refractivity contribution < 1.29 is 14.1 Å². The SMILES string of the molecule is Nc1ncnc(Oc2cc(F)c(Br)cc2[N+](=O)[O-])c1Cl. The molecule has 2 N–H and O–H groups in total. The van der Waals surface area contributed by atoms with Gasteiger partial charge in [-0.05, 0) is 15.9 Å². The van der Waals surface area contributed by atoms with Gasteiger partial charge in [0.05, 0.1) is 9.40 Å². The average Bonchev–Trinajstić information content (AvgIpc) is 2.38. The summed E-state index contributed by atoms with van der Waals surface area (Å²) in [7, 11) is 0. The van der Waals surface area contributed by atoms with Crippen LogP contribution in [0, 0.1) is 15.9 Å². The molecule has 0 saturated heterocycles. The van der Waals surface area contributed by atoms with Crippen LogP contribution < -0.4 is 10.5 Å². The van der Waals surface area contributed by atoms with Crippen molar-refractivity contribution >= 4 is 39.0 Å². The van der Waals surface area contributed by atoms with Crippen LogP contribution in [0.25, 0.3) is 0 Å². The van der Waals surface area contributed by atoms with Crippen molar-refractivity contribution in [3.8, 4) is 11.6 Å². The third kappa shape index (κ3) is 2.78. The van der Waals surface area contributed by atoms with Gasteiger partial charge in [0, 0.05) is 12.1 Å². The van der Waals surface area contributed by atoms with Crippen molar-refractivity contribution in [2.45, 2.75) is 0 Å². The molecule has 0 saturated carbocycles. The quantitative estimate of drug-likeness (QED) is 0.662. The molecular formula is C10H5BrClFN4O3. The fraction of sp³-hybridized carbons (Fsp3) is 0. The molecule has 1 aromatic carbocycles. The van der Waals surface area contributed by atoms with Crippen LogP contribution >= 0.6 is 27.5 Å². The Hall–Kier alpha value is -2.00. The standard InChI is InChI=1S/C10H5BrClFN4O3/c11-4-1-6(17(18)19)7(2-5(4)13)20-10-8(12)9(14)15-3-16-10/h1-3H,(H2,14,15,16). The Balaban J connectivity index is 2.50. The van der Waals surface area contributed by atoms with Crippen LogP contribution in [-0.4, -0.2) is 14.9 Å². The van der Waals surface area contributed by atoms with Crippen LogP contribution in [0.4, 0.5) is 15.9 Å². The van der Waals surface area contributed by atoms with E-state index in [-0.39, 0.29) is 26.9 Å². The molecule has 0 aliphatic rings. The van der Waals surface area contributed by atoms with E-state index in [1.54, 1.807) is 0 Å². The number of nitro groups is 1. The summed E-state index contributed by atoms with van der Waals surface area (Å²) in [5.74, 6) is -1.35. The number of hydrogen-bond acceptors (Lipinski definition) is 6. The summed E-state index contributed by atoms with van der Waals surface area (Å²) in [6.45, 7) is 0. The van der Waals surface area contributed by atoms with Crippen LogP contribution in [0.3, 0.4) is 0 Å². The number of nitrogen functional groups attached to an aromatic ring is 1. The van der Waals surface area contributed by atoms with Gasteiger partial charge in [-0.25, -0.2) is 9.37 Å². The fourth-order valence-corrected chi connectivity index (χ4v) is 1.75. The minimum Gasteiger partial charge on any atom is -0.430 e. The normalized spacial score (nSPS) is 10.3. The topological polar surface area (TPSA) is 104 Å². The summed E-state index contributed by atoms with van der Waals surface area (Å²) in [5, 5.41) is 10.8. The molecule has 7 nitrogen and oxygen atoms in total. The summed E-state index contributed by atoms with van der Waals surface area (Å²) in [6.07, 6.45) is 1.07. The van der Waals surface area contributed by atoms with Gasteiger partial charge in [0.1, 0.15) is 23.0 Å². The maximum Gasteiger partial charge on any atom is 0.312 e. The first-order valence-corrected chi connectivity index (χ1v) is 6.14. The van der Waals surface area contributed by atoms with E-state index in [4.69, 9.17) is 22.1 Å². The van der Waals surface area contributed by atoms with E-state index < -0.39 is 16.4 Å². The fourth-order valence-electron chi connectivity index (χ4n) is 1.28. The molecule has 104 valence electrons. The molecule has 0 aliphatic carbocycles. The van der Waals surface area contributed by atoms with Crippen LogP contribution in [0.5, 0.6) is 11.6 Å². The molecule has 0 aliphatic heterocycles. The molecule has 2 rings (SSSR count). The lowest BCUT2D eigenvalue weighted by atomic mass is 10.3. The molecule has 1 heterocycles. The van der Waals surface area contributed by atoms with Gasteiger partial charge >= 0.3 is 5.69 Å². The van der Waals surface area contributed by atoms with Gasteiger partial charge in [-0.2, -0.15) is 4.98 Å². The first-order valence-electron chi connectivity index (χ1n) is 4.97. The predicted octanol–water partition coefficient (Wildman–Crippen LogP) is 3.31. The van der Waals surface area contributed by atoms with Gasteiger partial charge in [-0.3, -0.25) is 10.1 Å². The monoisotopic (exact) mass is 362 g/mol. The molecule has 1 aromatic heterocycles. The molecule has 0 unspecified atom stereocenters. The second-order valence-corrected chi connectivity index (χ2v) is 4.70. The van der Waals surface area contributed by atoms with Gasteiger partial charge in [0.2, 0.25) is 11.6 Å². The van der Waals surface area contributed by atoms with Gasteiger partial charge in [-0.15, -0.1) is 0 Å². The van der Waals surface area contributed by atoms with Crippen molar-refractivity contribution in [2.24, 2.45) is 0 Å². The Bertz CT molecular complexity index is 700. The third-order valence-electron chi connectivity index (χ3n) is 2.19. The molecule has 0 atom stereocenters. The molecule has 0 radical (unpaired) electrons. The third-order valence-corrected chi connectivity index (χ3v) is 3.15. The Labute approximate surface area is 124 Å². The lowest BCUT2D eigenvalue weighted by Gasteiger charge is -2.08. The number of halogens is 3. The van der Waals surface area contributed by atoms with Crippen LogP contribution in [0.1, 0.15) is 0 Å². The highest BCUT2D eigenvalue weighted by atomic mass is 79.9. The lowest BCUT2D eigenvalue weighted by Crippen LogP contribution is -1.99. The predicted molar refractivity (Wildman–Crippen MR) is 72.3 cm³/mol. The van der Waals surface area contributed by atoms with Crippen LogP contribution in [0.2, 0.25) is 5.02 Å². The first kappa shape index (κ1) is 14.4. The van der Waals surface area contributed by atoms with Gasteiger partial charge in [0.25, 0.3) is 0 Å². The van der Waals surface area contributed by atoms with Crippen molar-refractivity contribution in [1.82, 2.24) is 9.97 Å². The second-order valence-electron chi connectivity index (χ2n) is 3.47. The van der Waals surface area contributed by atoms with Crippen molar-refractivity contribution in [2.75, 3.05) is 5.73 Å². The van der Waals surface area contributed by atoms with E-state index in [9.17, 15) is 14.5 Å². The number of aromatic nitrogens is 2. The smallest absolute Gasteiger partial charge is 0.312 e. The van der Waals surface area contributed by atoms with E-state index in [1.807, 2.05) is 0 Å². The zero-order valence-corrected chi connectivity index (χ0v) is 11.9. The van der Waals surface area contributed by atoms with E-state index in [0.29, 0.717) is 0 Å². The van der Waals surface area contributed by atoms with Gasteiger partial charge < -0.3 is 10.5 Å². The molecule has 10 heteroatoms. The number of nitrogens with zero attached hydrogens (tertiary/aromatic N) is 3. The van der Waals surface area contributed by atoms with Crippen molar-refractivity contribution in [3.05, 3.63) is 43.9 Å². The highest BCUT2D eigenvalue weighted by Crippen LogP contribution is 2.37. The average molecular weight is 364 g/mol. The molecule has 2 aromatic rings. The number of benzene rings is 1. The van der Waals surface area contributed by atoms with Gasteiger partial charge in [0.15, 0.2) is 0 Å². The molecular weight excluding hydrogens is 358 g/mol. The maximum atomic E-state index is 13.5. The van der Waals surface area contributed by atoms with E-state index in [2.05, 4.69) is 25.9 Å². The highest BCUT2D eigenvalue weighted by molar-refractivity contribution is 9.10. The zero-order valence-electron chi connectivity index (χ0n) is 9.51. The summed E-state index contributed by atoms with van der Waals surface area (Å²) in [4.78, 5) is 17.5. The number of hydrogen-bond donors (Lipinski definition) is 1. The summed E-state index contributed by atoms with van der Waals surface area (Å²) < 4.78 is 18.6. The Morgan fingerprint density at radius 2 is 2.15 bits per heavy atom. The minimum atomic E-state index is -0.733. The van der Waals surface area contributed by atoms with Crippen LogP contribution in [0.15, 0.2) is 22.9 Å². The molecule has 0 bridgehead atoms. The number of anilines is 1. The van der Waals surface area contributed by atoms with E-state index in [0.717, 1.165) is 18.5 Å². The molecule has 20 heavy (non-hydrogen) atoms. The zero-order chi connectivity index (χ0) is 14.9. The lowest BCUT2D eigenvalue weighted by molar-refractivity contribution is -0.385.